The van der Waals surface area contributed by atoms with Crippen LogP contribution >= 0.6 is 0 Å². The maximum absolute atomic E-state index is 7.57. The molecule has 0 saturated carbocycles. The Hall–Kier alpha value is -0.200. The molecular formula is C12H20O5. The summed E-state index contributed by atoms with van der Waals surface area (Å²) >= 11 is 0. The maximum atomic E-state index is 7.57. The molecular weight excluding hydrogens is 224 g/mol. The van der Waals surface area contributed by atoms with Crippen molar-refractivity contribution in [3.63, 3.8) is 0 Å². The Labute approximate surface area is 103 Å². The van der Waals surface area contributed by atoms with Crippen LogP contribution in [0.5, 0.6) is 0 Å². The van der Waals surface area contributed by atoms with Gasteiger partial charge in [0, 0.05) is 1.37 Å². The molecule has 0 aliphatic carbocycles. The Kier molecular flexibility index (Phi) is 2.15. The topological polar surface area (TPSA) is 46.2 Å². The molecule has 3 heterocycles. The predicted molar refractivity (Wildman–Crippen MR) is 58.2 cm³/mol. The third-order valence-electron chi connectivity index (χ3n) is 3.25. The summed E-state index contributed by atoms with van der Waals surface area (Å²) in [7, 11) is 0. The Morgan fingerprint density at radius 1 is 0.824 bits per heavy atom. The van der Waals surface area contributed by atoms with Gasteiger partial charge in [-0.3, -0.25) is 0 Å². The first-order valence-electron chi connectivity index (χ1n) is 6.68. The molecule has 17 heavy (non-hydrogen) atoms. The fraction of sp³-hybridized carbons (Fsp3) is 1.00. The molecule has 0 aromatic heterocycles. The second-order valence-electron chi connectivity index (χ2n) is 5.71. The van der Waals surface area contributed by atoms with Crippen LogP contribution in [0.1, 0.15) is 36.0 Å². The molecule has 0 aromatic rings. The summed E-state index contributed by atoms with van der Waals surface area (Å²) in [5.41, 5.74) is 0. The van der Waals surface area contributed by atoms with E-state index in [2.05, 4.69) is 0 Å². The summed E-state index contributed by atoms with van der Waals surface area (Å²) < 4.78 is 36.6. The van der Waals surface area contributed by atoms with Crippen molar-refractivity contribution < 1.29 is 25.1 Å². The van der Waals surface area contributed by atoms with Crippen molar-refractivity contribution in [2.24, 2.45) is 0 Å². The molecule has 0 aromatic carbocycles. The van der Waals surface area contributed by atoms with E-state index in [0.29, 0.717) is 0 Å². The first kappa shape index (κ1) is 10.7. The number of hydrogen-bond donors (Lipinski definition) is 0. The monoisotopic (exact) mass is 245 g/mol. The highest BCUT2D eigenvalue weighted by Crippen LogP contribution is 2.43. The van der Waals surface area contributed by atoms with Gasteiger partial charge in [-0.1, -0.05) is 0 Å². The lowest BCUT2D eigenvalue weighted by molar-refractivity contribution is -0.229. The van der Waals surface area contributed by atoms with Gasteiger partial charge in [0.1, 0.15) is 18.3 Å². The molecule has 98 valence electrons. The summed E-state index contributed by atoms with van der Waals surface area (Å²) in [6, 6.07) is 0. The minimum absolute atomic E-state index is 0.119. The fourth-order valence-electron chi connectivity index (χ4n) is 2.69. The molecule has 0 spiro atoms. The molecule has 5 atom stereocenters. The molecule has 3 fully saturated rings. The van der Waals surface area contributed by atoms with E-state index in [0.717, 1.165) is 0 Å². The lowest BCUT2D eigenvalue weighted by atomic mass is 10.0. The van der Waals surface area contributed by atoms with Crippen LogP contribution in [-0.2, 0) is 23.7 Å². The van der Waals surface area contributed by atoms with Gasteiger partial charge in [-0.2, -0.15) is 0 Å². The third-order valence-corrected chi connectivity index (χ3v) is 3.25. The van der Waals surface area contributed by atoms with Crippen LogP contribution in [-0.4, -0.2) is 42.3 Å². The fourth-order valence-corrected chi connectivity index (χ4v) is 2.69. The Bertz CT molecular complexity index is 345. The Balaban J connectivity index is 1.86. The molecule has 0 bridgehead atoms. The van der Waals surface area contributed by atoms with Crippen molar-refractivity contribution in [2.75, 3.05) is 0 Å². The van der Waals surface area contributed by atoms with Crippen molar-refractivity contribution in [1.82, 2.24) is 0 Å². The highest BCUT2D eigenvalue weighted by molar-refractivity contribution is 4.98. The van der Waals surface area contributed by atoms with Crippen LogP contribution in [0, 0.1) is 0 Å². The summed E-state index contributed by atoms with van der Waals surface area (Å²) in [4.78, 5) is 0. The standard InChI is InChI=1S/C12H20O5/c1-6-7-8(15-11(2,3)14-7)9-10(13-6)17-12(4,5)16-9/h6-10H,1-5H3/t6-,7+,8+,9-,10-/m1/s1/i1D. The number of ether oxygens (including phenoxy) is 5. The van der Waals surface area contributed by atoms with Crippen LogP contribution in [0.4, 0.5) is 0 Å². The SMILES string of the molecule is [2H]C[C@H]1O[C@@H]2OC(C)(C)O[C@@H]2[C@H]2OC(C)(C)O[C@H]21. The summed E-state index contributed by atoms with van der Waals surface area (Å²) in [5, 5.41) is 0. The Morgan fingerprint density at radius 3 is 2.12 bits per heavy atom. The molecule has 3 rings (SSSR count). The zero-order valence-corrected chi connectivity index (χ0v) is 10.6. The van der Waals surface area contributed by atoms with Gasteiger partial charge in [0.2, 0.25) is 0 Å². The summed E-state index contributed by atoms with van der Waals surface area (Å²) in [6.45, 7) is 7.54. The maximum Gasteiger partial charge on any atom is 0.190 e. The van der Waals surface area contributed by atoms with Crippen molar-refractivity contribution in [3.05, 3.63) is 0 Å². The van der Waals surface area contributed by atoms with E-state index in [1.165, 1.54) is 0 Å². The van der Waals surface area contributed by atoms with Gasteiger partial charge in [-0.25, -0.2) is 0 Å². The lowest BCUT2D eigenvalue weighted by Crippen LogP contribution is -2.53. The average Bonchev–Trinajstić information content (AvgIpc) is 2.71. The molecule has 0 N–H and O–H groups in total. The summed E-state index contributed by atoms with van der Waals surface area (Å²) in [6.07, 6.45) is -1.62. The largest absolute Gasteiger partial charge is 0.344 e. The van der Waals surface area contributed by atoms with Gasteiger partial charge in [0.05, 0.1) is 6.10 Å². The van der Waals surface area contributed by atoms with E-state index >= 15 is 0 Å². The van der Waals surface area contributed by atoms with Crippen LogP contribution in [0.25, 0.3) is 0 Å². The van der Waals surface area contributed by atoms with E-state index < -0.39 is 17.9 Å². The van der Waals surface area contributed by atoms with Crippen LogP contribution < -0.4 is 0 Å². The van der Waals surface area contributed by atoms with Crippen LogP contribution in [0.15, 0.2) is 0 Å². The highest BCUT2D eigenvalue weighted by Gasteiger charge is 2.59. The zero-order valence-electron chi connectivity index (χ0n) is 11.6. The van der Waals surface area contributed by atoms with Crippen LogP contribution in [0.2, 0.25) is 0 Å². The minimum Gasteiger partial charge on any atom is -0.344 e. The van der Waals surface area contributed by atoms with Gasteiger partial charge in [0.25, 0.3) is 0 Å². The van der Waals surface area contributed by atoms with E-state index in [9.17, 15) is 0 Å². The van der Waals surface area contributed by atoms with Gasteiger partial charge < -0.3 is 23.7 Å². The van der Waals surface area contributed by atoms with Gasteiger partial charge in [-0.05, 0) is 34.6 Å². The van der Waals surface area contributed by atoms with E-state index in [4.69, 9.17) is 25.1 Å². The molecule has 5 nitrogen and oxygen atoms in total. The molecule has 5 heteroatoms. The predicted octanol–water partition coefficient (Wildman–Crippen LogP) is 1.40. The van der Waals surface area contributed by atoms with Crippen molar-refractivity contribution >= 4 is 0 Å². The highest BCUT2D eigenvalue weighted by atomic mass is 16.9. The quantitative estimate of drug-likeness (QED) is 0.645. The third kappa shape index (κ3) is 1.90. The minimum atomic E-state index is -0.688. The Morgan fingerprint density at radius 2 is 1.41 bits per heavy atom. The number of rotatable bonds is 0. The lowest BCUT2D eigenvalue weighted by Gasteiger charge is -2.35. The molecule has 0 amide bonds. The molecule has 0 unspecified atom stereocenters. The average molecular weight is 245 g/mol. The molecule has 3 saturated heterocycles. The van der Waals surface area contributed by atoms with Gasteiger partial charge >= 0.3 is 0 Å². The number of hydrogen-bond acceptors (Lipinski definition) is 5. The summed E-state index contributed by atoms with van der Waals surface area (Å²) in [5.74, 6) is -1.36. The smallest absolute Gasteiger partial charge is 0.190 e. The van der Waals surface area contributed by atoms with Crippen LogP contribution in [0.3, 0.4) is 0 Å². The van der Waals surface area contributed by atoms with E-state index in [-0.39, 0.29) is 31.3 Å². The van der Waals surface area contributed by atoms with E-state index in [1.807, 2.05) is 27.7 Å². The van der Waals surface area contributed by atoms with Crippen molar-refractivity contribution in [1.29, 1.82) is 0 Å². The molecule has 0 radical (unpaired) electrons. The molecule has 3 aliphatic rings. The van der Waals surface area contributed by atoms with Gasteiger partial charge in [-0.15, -0.1) is 0 Å². The first-order valence-corrected chi connectivity index (χ1v) is 5.97. The van der Waals surface area contributed by atoms with Crippen molar-refractivity contribution in [2.45, 2.75) is 76.9 Å². The zero-order chi connectivity index (χ0) is 13.1. The van der Waals surface area contributed by atoms with Crippen molar-refractivity contribution in [3.8, 4) is 0 Å². The van der Waals surface area contributed by atoms with Gasteiger partial charge in [0.15, 0.2) is 17.9 Å². The first-order chi connectivity index (χ1) is 8.31. The number of fused-ring (bicyclic) bond motifs is 3. The normalized spacial score (nSPS) is 51.8. The second kappa shape index (κ2) is 3.42. The van der Waals surface area contributed by atoms with E-state index in [1.54, 1.807) is 0 Å². The molecule has 3 aliphatic heterocycles. The second-order valence-corrected chi connectivity index (χ2v) is 5.71.